The van der Waals surface area contributed by atoms with E-state index in [2.05, 4.69) is 10.2 Å². The maximum Gasteiger partial charge on any atom is 0.418 e. The second-order valence-electron chi connectivity index (χ2n) is 5.37. The van der Waals surface area contributed by atoms with Gasteiger partial charge in [-0.1, -0.05) is 6.07 Å². The van der Waals surface area contributed by atoms with Crippen molar-refractivity contribution in [2.24, 2.45) is 0 Å². The van der Waals surface area contributed by atoms with Gasteiger partial charge in [-0.3, -0.25) is 0 Å². The minimum atomic E-state index is -4.30. The molecule has 19 heavy (non-hydrogen) atoms. The van der Waals surface area contributed by atoms with Crippen LogP contribution in [0.2, 0.25) is 0 Å². The fourth-order valence-corrected chi connectivity index (χ4v) is 3.33. The van der Waals surface area contributed by atoms with Crippen molar-refractivity contribution in [3.63, 3.8) is 0 Å². The Morgan fingerprint density at radius 2 is 2.05 bits per heavy atom. The highest BCUT2D eigenvalue weighted by Crippen LogP contribution is 2.49. The van der Waals surface area contributed by atoms with Crippen LogP contribution >= 0.6 is 0 Å². The summed E-state index contributed by atoms with van der Waals surface area (Å²) in [6, 6.07) is 4.45. The van der Waals surface area contributed by atoms with Crippen LogP contribution in [0.25, 0.3) is 0 Å². The Kier molecular flexibility index (Phi) is 2.69. The van der Waals surface area contributed by atoms with Gasteiger partial charge in [0.1, 0.15) is 0 Å². The van der Waals surface area contributed by atoms with Gasteiger partial charge in [0.2, 0.25) is 0 Å². The molecule has 1 heterocycles. The number of para-hydroxylation sites is 1. The maximum atomic E-state index is 13.0. The number of likely N-dealkylation sites (N-methyl/N-ethyl adjacent to an activating group) is 1. The van der Waals surface area contributed by atoms with E-state index < -0.39 is 11.7 Å². The fourth-order valence-electron chi connectivity index (χ4n) is 3.33. The van der Waals surface area contributed by atoms with Crippen molar-refractivity contribution in [1.82, 2.24) is 0 Å². The highest BCUT2D eigenvalue weighted by Gasteiger charge is 2.47. The molecule has 0 radical (unpaired) electrons. The number of rotatable bonds is 1. The van der Waals surface area contributed by atoms with E-state index in [1.807, 2.05) is 6.92 Å². The zero-order chi connectivity index (χ0) is 13.7. The van der Waals surface area contributed by atoms with Crippen molar-refractivity contribution in [3.05, 3.63) is 23.8 Å². The van der Waals surface area contributed by atoms with Gasteiger partial charge in [-0.2, -0.15) is 13.2 Å². The highest BCUT2D eigenvalue weighted by molar-refractivity contribution is 5.78. The number of benzene rings is 1. The van der Waals surface area contributed by atoms with E-state index in [0.717, 1.165) is 31.9 Å². The molecule has 0 aromatic heterocycles. The molecule has 0 unspecified atom stereocenters. The molecular formula is C14H17F3N2. The third kappa shape index (κ3) is 1.78. The van der Waals surface area contributed by atoms with Crippen LogP contribution in [0.5, 0.6) is 0 Å². The molecule has 1 N–H and O–H groups in total. The van der Waals surface area contributed by atoms with Gasteiger partial charge < -0.3 is 10.2 Å². The summed E-state index contributed by atoms with van der Waals surface area (Å²) >= 11 is 0. The molecule has 104 valence electrons. The summed E-state index contributed by atoms with van der Waals surface area (Å²) in [4.78, 5) is 2.15. The number of fused-ring (bicyclic) bond motifs is 1. The van der Waals surface area contributed by atoms with Crippen LogP contribution in [0.4, 0.5) is 24.5 Å². The van der Waals surface area contributed by atoms with Crippen LogP contribution in [-0.4, -0.2) is 18.6 Å². The molecule has 1 fully saturated rings. The van der Waals surface area contributed by atoms with Crippen molar-refractivity contribution in [1.29, 1.82) is 0 Å². The summed E-state index contributed by atoms with van der Waals surface area (Å²) in [5.41, 5.74) is 0.418. The number of hydrogen-bond acceptors (Lipinski definition) is 2. The Balaban J connectivity index is 2.09. The quantitative estimate of drug-likeness (QED) is 0.833. The largest absolute Gasteiger partial charge is 0.418 e. The van der Waals surface area contributed by atoms with Crippen molar-refractivity contribution >= 4 is 11.4 Å². The summed E-state index contributed by atoms with van der Waals surface area (Å²) in [7, 11) is 0. The summed E-state index contributed by atoms with van der Waals surface area (Å²) in [6.45, 7) is 3.37. The Labute approximate surface area is 110 Å². The zero-order valence-electron chi connectivity index (χ0n) is 10.8. The van der Waals surface area contributed by atoms with E-state index in [1.165, 1.54) is 6.07 Å². The first-order chi connectivity index (χ1) is 8.98. The molecule has 0 amide bonds. The SMILES string of the molecule is CCN1c2cccc(C(F)(F)F)c2NCC12CCC2. The van der Waals surface area contributed by atoms with Gasteiger partial charge in [0.05, 0.1) is 22.5 Å². The third-order valence-corrected chi connectivity index (χ3v) is 4.41. The number of nitrogens with one attached hydrogen (secondary N) is 1. The Morgan fingerprint density at radius 1 is 1.32 bits per heavy atom. The van der Waals surface area contributed by atoms with Gasteiger partial charge in [0.15, 0.2) is 0 Å². The van der Waals surface area contributed by atoms with Gasteiger partial charge in [0, 0.05) is 13.1 Å². The molecule has 0 bridgehead atoms. The molecule has 1 saturated carbocycles. The van der Waals surface area contributed by atoms with Crippen molar-refractivity contribution in [2.45, 2.75) is 37.9 Å². The molecule has 3 rings (SSSR count). The van der Waals surface area contributed by atoms with Crippen LogP contribution in [0, 0.1) is 0 Å². The minimum absolute atomic E-state index is 0.0337. The number of alkyl halides is 3. The standard InChI is InChI=1S/C14H17F3N2/c1-2-19-11-6-3-5-10(14(15,16)17)12(11)18-9-13(19)7-4-8-13/h3,5-6,18H,2,4,7-9H2,1H3. The molecule has 1 aromatic rings. The van der Waals surface area contributed by atoms with E-state index in [-0.39, 0.29) is 11.2 Å². The summed E-state index contributed by atoms with van der Waals surface area (Å²) in [5, 5.41) is 3.03. The van der Waals surface area contributed by atoms with Crippen LogP contribution in [0.1, 0.15) is 31.7 Å². The summed E-state index contributed by atoms with van der Waals surface area (Å²) in [5.74, 6) is 0. The van der Waals surface area contributed by atoms with Crippen LogP contribution < -0.4 is 10.2 Å². The molecule has 5 heteroatoms. The average Bonchev–Trinajstić information content (AvgIpc) is 2.33. The minimum Gasteiger partial charge on any atom is -0.381 e. The Bertz CT molecular complexity index is 492. The monoisotopic (exact) mass is 270 g/mol. The predicted octanol–water partition coefficient (Wildman–Crippen LogP) is 3.88. The smallest absolute Gasteiger partial charge is 0.381 e. The van der Waals surface area contributed by atoms with Gasteiger partial charge in [0.25, 0.3) is 0 Å². The lowest BCUT2D eigenvalue weighted by Gasteiger charge is -2.55. The Morgan fingerprint density at radius 3 is 2.58 bits per heavy atom. The first kappa shape index (κ1) is 12.6. The second-order valence-corrected chi connectivity index (χ2v) is 5.37. The van der Waals surface area contributed by atoms with E-state index >= 15 is 0 Å². The normalized spacial score (nSPS) is 20.7. The molecule has 1 aromatic carbocycles. The molecule has 2 nitrogen and oxygen atoms in total. The Hall–Kier alpha value is -1.39. The maximum absolute atomic E-state index is 13.0. The second kappa shape index (κ2) is 4.05. The first-order valence-corrected chi connectivity index (χ1v) is 6.70. The number of nitrogens with zero attached hydrogens (tertiary/aromatic N) is 1. The van der Waals surface area contributed by atoms with Crippen LogP contribution in [0.15, 0.2) is 18.2 Å². The van der Waals surface area contributed by atoms with Gasteiger partial charge in [-0.25, -0.2) is 0 Å². The van der Waals surface area contributed by atoms with Crippen molar-refractivity contribution in [2.75, 3.05) is 23.3 Å². The van der Waals surface area contributed by atoms with E-state index in [0.29, 0.717) is 12.2 Å². The van der Waals surface area contributed by atoms with Crippen molar-refractivity contribution in [3.8, 4) is 0 Å². The predicted molar refractivity (Wildman–Crippen MR) is 69.5 cm³/mol. The fraction of sp³-hybridized carbons (Fsp3) is 0.571. The van der Waals surface area contributed by atoms with Gasteiger partial charge in [-0.05, 0) is 38.3 Å². The van der Waals surface area contributed by atoms with Gasteiger partial charge in [-0.15, -0.1) is 0 Å². The average molecular weight is 270 g/mol. The first-order valence-electron chi connectivity index (χ1n) is 6.70. The summed E-state index contributed by atoms with van der Waals surface area (Å²) in [6.07, 6.45) is -1.03. The van der Waals surface area contributed by atoms with Crippen LogP contribution in [0.3, 0.4) is 0 Å². The lowest BCUT2D eigenvalue weighted by molar-refractivity contribution is -0.137. The topological polar surface area (TPSA) is 15.3 Å². The molecule has 1 spiro atoms. The zero-order valence-corrected chi connectivity index (χ0v) is 10.8. The molecule has 1 aliphatic carbocycles. The molecule has 0 saturated heterocycles. The lowest BCUT2D eigenvalue weighted by atomic mass is 9.73. The van der Waals surface area contributed by atoms with E-state index in [9.17, 15) is 13.2 Å². The van der Waals surface area contributed by atoms with Gasteiger partial charge >= 0.3 is 6.18 Å². The third-order valence-electron chi connectivity index (χ3n) is 4.41. The summed E-state index contributed by atoms with van der Waals surface area (Å²) < 4.78 is 39.1. The van der Waals surface area contributed by atoms with E-state index in [1.54, 1.807) is 6.07 Å². The lowest BCUT2D eigenvalue weighted by Crippen LogP contribution is -2.60. The number of hydrogen-bond donors (Lipinski definition) is 1. The molecule has 2 aliphatic rings. The highest BCUT2D eigenvalue weighted by atomic mass is 19.4. The van der Waals surface area contributed by atoms with Crippen LogP contribution in [-0.2, 0) is 6.18 Å². The number of anilines is 2. The number of halogens is 3. The molecule has 1 aliphatic heterocycles. The molecular weight excluding hydrogens is 253 g/mol. The van der Waals surface area contributed by atoms with Crippen molar-refractivity contribution < 1.29 is 13.2 Å². The van der Waals surface area contributed by atoms with E-state index in [4.69, 9.17) is 0 Å². The molecule has 0 atom stereocenters.